The molecule has 2 fully saturated rings. The van der Waals surface area contributed by atoms with Crippen LogP contribution in [-0.4, -0.2) is 0 Å². The molecule has 0 spiro atoms. The van der Waals surface area contributed by atoms with Gasteiger partial charge in [0.2, 0.25) is 0 Å². The summed E-state index contributed by atoms with van der Waals surface area (Å²) in [6.07, 6.45) is 13.7. The van der Waals surface area contributed by atoms with Crippen molar-refractivity contribution in [3.63, 3.8) is 0 Å². The van der Waals surface area contributed by atoms with Crippen LogP contribution in [0.4, 0.5) is 0 Å². The number of unbranched alkanes of at least 4 members (excludes halogenated alkanes) is 3. The minimum absolute atomic E-state index is 1.15. The van der Waals surface area contributed by atoms with Gasteiger partial charge in [-0.2, -0.15) is 0 Å². The zero-order chi connectivity index (χ0) is 9.10. The van der Waals surface area contributed by atoms with Gasteiger partial charge in [-0.15, -0.1) is 0 Å². The van der Waals surface area contributed by atoms with Gasteiger partial charge in [-0.25, -0.2) is 0 Å². The van der Waals surface area contributed by atoms with Crippen LogP contribution >= 0.6 is 0 Å². The Morgan fingerprint density at radius 2 is 1.92 bits per heavy atom. The van der Waals surface area contributed by atoms with Gasteiger partial charge in [-0.1, -0.05) is 45.4 Å². The van der Waals surface area contributed by atoms with Crippen molar-refractivity contribution in [2.24, 2.45) is 17.8 Å². The molecule has 0 aromatic rings. The van der Waals surface area contributed by atoms with Crippen molar-refractivity contribution in [2.45, 2.75) is 64.7 Å². The Morgan fingerprint density at radius 1 is 1.00 bits per heavy atom. The highest BCUT2D eigenvalue weighted by Gasteiger charge is 2.38. The Labute approximate surface area is 83.1 Å². The highest BCUT2D eigenvalue weighted by atomic mass is 14.4. The maximum Gasteiger partial charge on any atom is -0.0383 e. The fourth-order valence-electron chi connectivity index (χ4n) is 3.56. The third kappa shape index (κ3) is 2.27. The molecular weight excluding hydrogens is 156 g/mol. The van der Waals surface area contributed by atoms with E-state index in [-0.39, 0.29) is 0 Å². The van der Waals surface area contributed by atoms with Crippen LogP contribution in [0.2, 0.25) is 0 Å². The minimum Gasteiger partial charge on any atom is -0.0654 e. The van der Waals surface area contributed by atoms with Gasteiger partial charge in [0.15, 0.2) is 0 Å². The van der Waals surface area contributed by atoms with Gasteiger partial charge < -0.3 is 0 Å². The Hall–Kier alpha value is 0. The van der Waals surface area contributed by atoms with E-state index in [9.17, 15) is 0 Å². The molecule has 0 heteroatoms. The Kier molecular flexibility index (Phi) is 3.29. The van der Waals surface area contributed by atoms with Crippen LogP contribution in [0.5, 0.6) is 0 Å². The SMILES string of the molecule is CCCCCCC1CC2CCC1C2. The van der Waals surface area contributed by atoms with Gasteiger partial charge in [-0.3, -0.25) is 0 Å². The zero-order valence-corrected chi connectivity index (χ0v) is 9.10. The lowest BCUT2D eigenvalue weighted by molar-refractivity contribution is 0.305. The Bertz CT molecular complexity index is 150. The van der Waals surface area contributed by atoms with Gasteiger partial charge in [0, 0.05) is 0 Å². The predicted octanol–water partition coefficient (Wildman–Crippen LogP) is 4.39. The van der Waals surface area contributed by atoms with E-state index in [1.165, 1.54) is 25.7 Å². The first-order valence-electron chi connectivity index (χ1n) is 6.40. The quantitative estimate of drug-likeness (QED) is 0.550. The first-order valence-corrected chi connectivity index (χ1v) is 6.40. The van der Waals surface area contributed by atoms with E-state index < -0.39 is 0 Å². The van der Waals surface area contributed by atoms with Gasteiger partial charge in [-0.05, 0) is 37.0 Å². The zero-order valence-electron chi connectivity index (χ0n) is 9.10. The van der Waals surface area contributed by atoms with Crippen molar-refractivity contribution in [2.75, 3.05) is 0 Å². The molecular formula is C13H24. The predicted molar refractivity (Wildman–Crippen MR) is 57.7 cm³/mol. The maximum absolute atomic E-state index is 2.30. The molecule has 0 aromatic heterocycles. The van der Waals surface area contributed by atoms with Gasteiger partial charge in [0.1, 0.15) is 0 Å². The van der Waals surface area contributed by atoms with Gasteiger partial charge >= 0.3 is 0 Å². The van der Waals surface area contributed by atoms with E-state index in [0.717, 1.165) is 17.8 Å². The highest BCUT2D eigenvalue weighted by Crippen LogP contribution is 2.49. The second-order valence-corrected chi connectivity index (χ2v) is 5.28. The number of fused-ring (bicyclic) bond motifs is 2. The van der Waals surface area contributed by atoms with Crippen LogP contribution in [0, 0.1) is 17.8 Å². The highest BCUT2D eigenvalue weighted by molar-refractivity contribution is 4.89. The second kappa shape index (κ2) is 4.48. The maximum atomic E-state index is 2.30. The summed E-state index contributed by atoms with van der Waals surface area (Å²) in [5.74, 6) is 3.46. The fourth-order valence-corrected chi connectivity index (χ4v) is 3.56. The van der Waals surface area contributed by atoms with Crippen molar-refractivity contribution in [3.8, 4) is 0 Å². The lowest BCUT2D eigenvalue weighted by Gasteiger charge is -2.21. The molecule has 0 amide bonds. The summed E-state index contributed by atoms with van der Waals surface area (Å²) >= 11 is 0. The smallest absolute Gasteiger partial charge is 0.0383 e. The monoisotopic (exact) mass is 180 g/mol. The summed E-state index contributed by atoms with van der Waals surface area (Å²) in [4.78, 5) is 0. The van der Waals surface area contributed by atoms with Crippen LogP contribution in [-0.2, 0) is 0 Å². The minimum atomic E-state index is 1.15. The van der Waals surface area contributed by atoms with Crippen LogP contribution in [0.1, 0.15) is 64.7 Å². The first kappa shape index (κ1) is 9.55. The van der Waals surface area contributed by atoms with E-state index in [4.69, 9.17) is 0 Å². The van der Waals surface area contributed by atoms with E-state index in [2.05, 4.69) is 6.92 Å². The van der Waals surface area contributed by atoms with Crippen LogP contribution < -0.4 is 0 Å². The molecule has 0 radical (unpaired) electrons. The van der Waals surface area contributed by atoms with Crippen molar-refractivity contribution < 1.29 is 0 Å². The topological polar surface area (TPSA) is 0 Å². The molecule has 2 aliphatic rings. The molecule has 0 aromatic carbocycles. The molecule has 0 N–H and O–H groups in total. The fraction of sp³-hybridized carbons (Fsp3) is 1.00. The van der Waals surface area contributed by atoms with Crippen LogP contribution in [0.3, 0.4) is 0 Å². The van der Waals surface area contributed by atoms with E-state index in [0.29, 0.717) is 0 Å². The summed E-state index contributed by atoms with van der Waals surface area (Å²) in [6.45, 7) is 2.30. The lowest BCUT2D eigenvalue weighted by atomic mass is 9.85. The Morgan fingerprint density at radius 3 is 2.54 bits per heavy atom. The summed E-state index contributed by atoms with van der Waals surface area (Å²) in [5.41, 5.74) is 0. The lowest BCUT2D eigenvalue weighted by Crippen LogP contribution is -2.09. The molecule has 0 heterocycles. The summed E-state index contributed by atoms with van der Waals surface area (Å²) in [5, 5.41) is 0. The standard InChI is InChI=1S/C13H24/c1-2-3-4-5-6-12-9-11-7-8-13(12)10-11/h11-13H,2-10H2,1H3. The molecule has 2 aliphatic carbocycles. The molecule has 2 saturated carbocycles. The molecule has 2 rings (SSSR count). The summed E-state index contributed by atoms with van der Waals surface area (Å²) in [7, 11) is 0. The molecule has 0 aliphatic heterocycles. The molecule has 3 atom stereocenters. The van der Waals surface area contributed by atoms with E-state index in [1.807, 2.05) is 0 Å². The molecule has 2 bridgehead atoms. The number of hydrogen-bond donors (Lipinski definition) is 0. The van der Waals surface area contributed by atoms with E-state index >= 15 is 0 Å². The Balaban J connectivity index is 1.60. The molecule has 0 saturated heterocycles. The molecule has 76 valence electrons. The van der Waals surface area contributed by atoms with Crippen molar-refractivity contribution >= 4 is 0 Å². The van der Waals surface area contributed by atoms with Gasteiger partial charge in [0.05, 0.1) is 0 Å². The average molecular weight is 180 g/mol. The number of rotatable bonds is 5. The third-order valence-electron chi connectivity index (χ3n) is 4.31. The third-order valence-corrected chi connectivity index (χ3v) is 4.31. The summed E-state index contributed by atoms with van der Waals surface area (Å²) in [6, 6.07) is 0. The molecule has 3 unspecified atom stereocenters. The van der Waals surface area contributed by atoms with Crippen molar-refractivity contribution in [3.05, 3.63) is 0 Å². The summed E-state index contributed by atoms with van der Waals surface area (Å²) < 4.78 is 0. The van der Waals surface area contributed by atoms with Crippen molar-refractivity contribution in [1.82, 2.24) is 0 Å². The average Bonchev–Trinajstić information content (AvgIpc) is 2.73. The normalized spacial score (nSPS) is 37.2. The largest absolute Gasteiger partial charge is 0.0654 e. The van der Waals surface area contributed by atoms with Gasteiger partial charge in [0.25, 0.3) is 0 Å². The van der Waals surface area contributed by atoms with Crippen LogP contribution in [0.15, 0.2) is 0 Å². The molecule has 13 heavy (non-hydrogen) atoms. The number of hydrogen-bond acceptors (Lipinski definition) is 0. The first-order chi connectivity index (χ1) is 6.40. The second-order valence-electron chi connectivity index (χ2n) is 5.28. The van der Waals surface area contributed by atoms with E-state index in [1.54, 1.807) is 32.1 Å². The molecule has 0 nitrogen and oxygen atoms in total. The van der Waals surface area contributed by atoms with Crippen LogP contribution in [0.25, 0.3) is 0 Å². The van der Waals surface area contributed by atoms with Crippen molar-refractivity contribution in [1.29, 1.82) is 0 Å².